The molecule has 5 rings (SSSR count). The van der Waals surface area contributed by atoms with E-state index in [1.54, 1.807) is 18.3 Å². The van der Waals surface area contributed by atoms with E-state index in [9.17, 15) is 13.7 Å². The van der Waals surface area contributed by atoms with Crippen molar-refractivity contribution in [3.63, 3.8) is 0 Å². The molecule has 1 aliphatic heterocycles. The molecule has 2 N–H and O–H groups in total. The summed E-state index contributed by atoms with van der Waals surface area (Å²) >= 11 is 0. The lowest BCUT2D eigenvalue weighted by Gasteiger charge is -2.34. The minimum atomic E-state index is -3.76. The Hall–Kier alpha value is -2.67. The predicted molar refractivity (Wildman–Crippen MR) is 111 cm³/mol. The number of fused-ring (bicyclic) bond motifs is 3. The van der Waals surface area contributed by atoms with Crippen LogP contribution in [0.2, 0.25) is 0 Å². The SMILES string of the molecule is CN1CCN(c2ccnc3[nH]c4cc(S(=O)(=O)NC5(C#N)CC5)ccc4c23)CC1. The number of benzene rings is 1. The number of rotatable bonds is 4. The molecule has 150 valence electrons. The Labute approximate surface area is 169 Å². The van der Waals surface area contributed by atoms with E-state index >= 15 is 0 Å². The summed E-state index contributed by atoms with van der Waals surface area (Å²) in [6.07, 6.45) is 2.89. The second-order valence-electron chi connectivity index (χ2n) is 7.98. The van der Waals surface area contributed by atoms with Gasteiger partial charge in [-0.2, -0.15) is 9.98 Å². The molecule has 1 saturated heterocycles. The summed E-state index contributed by atoms with van der Waals surface area (Å²) in [6, 6.07) is 9.15. The summed E-state index contributed by atoms with van der Waals surface area (Å²) in [7, 11) is -1.64. The highest BCUT2D eigenvalue weighted by atomic mass is 32.2. The highest BCUT2D eigenvalue weighted by Gasteiger charge is 2.46. The van der Waals surface area contributed by atoms with E-state index in [-0.39, 0.29) is 4.90 Å². The van der Waals surface area contributed by atoms with E-state index < -0.39 is 15.6 Å². The number of H-pyrrole nitrogens is 1. The number of piperazine rings is 1. The molecule has 0 amide bonds. The summed E-state index contributed by atoms with van der Waals surface area (Å²) in [5, 5.41) is 11.2. The Morgan fingerprint density at radius 2 is 1.97 bits per heavy atom. The third-order valence-electron chi connectivity index (χ3n) is 5.89. The summed E-state index contributed by atoms with van der Waals surface area (Å²) in [4.78, 5) is 12.5. The van der Waals surface area contributed by atoms with E-state index in [1.807, 2.05) is 12.1 Å². The Balaban J connectivity index is 1.57. The van der Waals surface area contributed by atoms with Gasteiger partial charge < -0.3 is 14.8 Å². The molecule has 1 aliphatic carbocycles. The fraction of sp³-hybridized carbons (Fsp3) is 0.400. The molecule has 2 aliphatic rings. The van der Waals surface area contributed by atoms with Crippen LogP contribution in [0.25, 0.3) is 21.9 Å². The summed E-state index contributed by atoms with van der Waals surface area (Å²) in [5.41, 5.74) is 1.64. The van der Waals surface area contributed by atoms with Crippen molar-refractivity contribution in [1.82, 2.24) is 19.6 Å². The average molecular weight is 411 g/mol. The van der Waals surface area contributed by atoms with Gasteiger partial charge in [-0.3, -0.25) is 0 Å². The van der Waals surface area contributed by atoms with Gasteiger partial charge in [0.25, 0.3) is 0 Å². The zero-order valence-corrected chi connectivity index (χ0v) is 17.0. The molecule has 9 heteroatoms. The number of hydrogen-bond donors (Lipinski definition) is 2. The van der Waals surface area contributed by atoms with Crippen LogP contribution >= 0.6 is 0 Å². The number of aromatic nitrogens is 2. The van der Waals surface area contributed by atoms with Crippen LogP contribution < -0.4 is 9.62 Å². The second-order valence-corrected chi connectivity index (χ2v) is 9.66. The summed E-state index contributed by atoms with van der Waals surface area (Å²) in [5.74, 6) is 0. The van der Waals surface area contributed by atoms with Crippen molar-refractivity contribution in [2.45, 2.75) is 23.3 Å². The summed E-state index contributed by atoms with van der Waals surface area (Å²) in [6.45, 7) is 3.88. The lowest BCUT2D eigenvalue weighted by molar-refractivity contribution is 0.313. The van der Waals surface area contributed by atoms with E-state index in [0.29, 0.717) is 12.8 Å². The van der Waals surface area contributed by atoms with E-state index in [0.717, 1.165) is 53.8 Å². The Kier molecular flexibility index (Phi) is 4.07. The molecule has 0 atom stereocenters. The molecule has 1 saturated carbocycles. The maximum Gasteiger partial charge on any atom is 0.242 e. The van der Waals surface area contributed by atoms with Crippen molar-refractivity contribution in [2.75, 3.05) is 38.1 Å². The zero-order chi connectivity index (χ0) is 20.2. The summed E-state index contributed by atoms with van der Waals surface area (Å²) < 4.78 is 28.0. The van der Waals surface area contributed by atoms with Crippen LogP contribution in [-0.4, -0.2) is 62.1 Å². The van der Waals surface area contributed by atoms with Gasteiger partial charge in [0.05, 0.1) is 16.7 Å². The van der Waals surface area contributed by atoms with Crippen molar-refractivity contribution in [3.8, 4) is 6.07 Å². The quantitative estimate of drug-likeness (QED) is 0.680. The Morgan fingerprint density at radius 1 is 1.21 bits per heavy atom. The first-order valence-electron chi connectivity index (χ1n) is 9.70. The molecular weight excluding hydrogens is 388 g/mol. The highest BCUT2D eigenvalue weighted by molar-refractivity contribution is 7.89. The maximum absolute atomic E-state index is 12.7. The van der Waals surface area contributed by atoms with Gasteiger partial charge in [-0.1, -0.05) is 6.07 Å². The number of nitrogens with one attached hydrogen (secondary N) is 2. The van der Waals surface area contributed by atoms with Crippen LogP contribution in [0.1, 0.15) is 12.8 Å². The molecule has 0 unspecified atom stereocenters. The van der Waals surface area contributed by atoms with E-state index in [1.165, 1.54) is 0 Å². The van der Waals surface area contributed by atoms with E-state index in [2.05, 4.69) is 37.6 Å². The van der Waals surface area contributed by atoms with Gasteiger partial charge in [0.1, 0.15) is 11.2 Å². The van der Waals surface area contributed by atoms with Gasteiger partial charge in [-0.25, -0.2) is 13.4 Å². The van der Waals surface area contributed by atoms with Gasteiger partial charge in [-0.05, 0) is 38.1 Å². The first-order chi connectivity index (χ1) is 13.9. The molecule has 3 aromatic rings. The normalized spacial score (nSPS) is 19.5. The molecule has 0 bridgehead atoms. The zero-order valence-electron chi connectivity index (χ0n) is 16.1. The van der Waals surface area contributed by atoms with Crippen LogP contribution in [-0.2, 0) is 10.0 Å². The Morgan fingerprint density at radius 3 is 2.66 bits per heavy atom. The highest BCUT2D eigenvalue weighted by Crippen LogP contribution is 2.37. The van der Waals surface area contributed by atoms with Gasteiger partial charge in [0.2, 0.25) is 10.0 Å². The first-order valence-corrected chi connectivity index (χ1v) is 11.2. The molecule has 2 fully saturated rings. The van der Waals surface area contributed by atoms with Crippen molar-refractivity contribution in [3.05, 3.63) is 30.5 Å². The third-order valence-corrected chi connectivity index (χ3v) is 7.42. The van der Waals surface area contributed by atoms with Crippen LogP contribution in [0.4, 0.5) is 5.69 Å². The molecule has 2 aromatic heterocycles. The largest absolute Gasteiger partial charge is 0.368 e. The van der Waals surface area contributed by atoms with Crippen molar-refractivity contribution in [1.29, 1.82) is 5.26 Å². The van der Waals surface area contributed by atoms with Gasteiger partial charge in [0.15, 0.2) is 0 Å². The fourth-order valence-electron chi connectivity index (χ4n) is 3.94. The molecule has 3 heterocycles. The van der Waals surface area contributed by atoms with E-state index in [4.69, 9.17) is 0 Å². The van der Waals surface area contributed by atoms with Crippen molar-refractivity contribution < 1.29 is 8.42 Å². The number of nitrogens with zero attached hydrogens (tertiary/aromatic N) is 4. The Bertz CT molecular complexity index is 1250. The number of aromatic amines is 1. The average Bonchev–Trinajstić information content (AvgIpc) is 3.37. The second kappa shape index (κ2) is 6.42. The van der Waals surface area contributed by atoms with Gasteiger partial charge in [-0.15, -0.1) is 0 Å². The number of anilines is 1. The van der Waals surface area contributed by atoms with Crippen molar-refractivity contribution >= 4 is 37.6 Å². The van der Waals surface area contributed by atoms with Crippen LogP contribution in [0.5, 0.6) is 0 Å². The van der Waals surface area contributed by atoms with Crippen LogP contribution in [0.3, 0.4) is 0 Å². The van der Waals surface area contributed by atoms with Crippen LogP contribution in [0.15, 0.2) is 35.4 Å². The third kappa shape index (κ3) is 3.13. The number of pyridine rings is 1. The minimum absolute atomic E-state index is 0.152. The monoisotopic (exact) mass is 410 g/mol. The molecule has 0 radical (unpaired) electrons. The smallest absolute Gasteiger partial charge is 0.242 e. The lowest BCUT2D eigenvalue weighted by atomic mass is 10.1. The number of sulfonamides is 1. The van der Waals surface area contributed by atoms with Gasteiger partial charge >= 0.3 is 0 Å². The predicted octanol–water partition coefficient (Wildman–Crippen LogP) is 1.80. The lowest BCUT2D eigenvalue weighted by Crippen LogP contribution is -2.44. The molecule has 1 aromatic carbocycles. The number of likely N-dealkylation sites (N-methyl/N-ethyl adjacent to an activating group) is 1. The number of nitriles is 1. The topological polar surface area (TPSA) is 105 Å². The van der Waals surface area contributed by atoms with Crippen LogP contribution in [0, 0.1) is 11.3 Å². The maximum atomic E-state index is 12.7. The molecule has 0 spiro atoms. The van der Waals surface area contributed by atoms with Crippen molar-refractivity contribution in [2.24, 2.45) is 0 Å². The molecule has 8 nitrogen and oxygen atoms in total. The standard InChI is InChI=1S/C20H22N6O2S/c1-25-8-10-26(11-9-25)17-4-7-22-19-18(17)15-3-2-14(12-16(15)23-19)29(27,28)24-20(13-21)5-6-20/h2-4,7,12,24H,5-6,8-11H2,1H3,(H,22,23). The number of hydrogen-bond acceptors (Lipinski definition) is 6. The molecule has 29 heavy (non-hydrogen) atoms. The fourth-order valence-corrected chi connectivity index (χ4v) is 5.34. The molecular formula is C20H22N6O2S. The first kappa shape index (κ1) is 18.4. The minimum Gasteiger partial charge on any atom is -0.368 e. The van der Waals surface area contributed by atoms with Gasteiger partial charge in [0, 0.05) is 48.7 Å².